The highest BCUT2D eigenvalue weighted by Crippen LogP contribution is 2.31. The smallest absolute Gasteiger partial charge is 0.0590 e. The van der Waals surface area contributed by atoms with E-state index >= 15 is 0 Å². The summed E-state index contributed by atoms with van der Waals surface area (Å²) < 4.78 is 10.3. The van der Waals surface area contributed by atoms with E-state index in [0.717, 1.165) is 45.2 Å². The molecule has 0 heterocycles. The van der Waals surface area contributed by atoms with Gasteiger partial charge in [0.05, 0.1) is 6.61 Å². The molecular formula is C11H23NO2. The van der Waals surface area contributed by atoms with Gasteiger partial charge in [0.2, 0.25) is 0 Å². The first-order valence-electron chi connectivity index (χ1n) is 5.71. The van der Waals surface area contributed by atoms with Crippen LogP contribution in [0.2, 0.25) is 0 Å². The SMILES string of the molecule is COCCCOCCNCCC1CC1. The van der Waals surface area contributed by atoms with Gasteiger partial charge in [-0.15, -0.1) is 0 Å². The number of ether oxygens (including phenoxy) is 2. The molecule has 3 heteroatoms. The van der Waals surface area contributed by atoms with Crippen LogP contribution in [-0.4, -0.2) is 40.0 Å². The Morgan fingerprint density at radius 2 is 2.00 bits per heavy atom. The van der Waals surface area contributed by atoms with Gasteiger partial charge in [0.25, 0.3) is 0 Å². The fourth-order valence-electron chi connectivity index (χ4n) is 1.39. The first-order chi connectivity index (χ1) is 6.93. The third-order valence-electron chi connectivity index (χ3n) is 2.49. The summed E-state index contributed by atoms with van der Waals surface area (Å²) in [5.74, 6) is 1.03. The van der Waals surface area contributed by atoms with Crippen LogP contribution in [0.3, 0.4) is 0 Å². The van der Waals surface area contributed by atoms with Crippen LogP contribution in [0.15, 0.2) is 0 Å². The van der Waals surface area contributed by atoms with Crippen molar-refractivity contribution >= 4 is 0 Å². The minimum Gasteiger partial charge on any atom is -0.385 e. The molecule has 0 bridgehead atoms. The van der Waals surface area contributed by atoms with Crippen molar-refractivity contribution in [2.75, 3.05) is 40.0 Å². The minimum absolute atomic E-state index is 0.801. The lowest BCUT2D eigenvalue weighted by Gasteiger charge is -2.05. The Kier molecular flexibility index (Phi) is 7.01. The summed E-state index contributed by atoms with van der Waals surface area (Å²) >= 11 is 0. The van der Waals surface area contributed by atoms with Crippen molar-refractivity contribution in [2.24, 2.45) is 5.92 Å². The third-order valence-corrected chi connectivity index (χ3v) is 2.49. The van der Waals surface area contributed by atoms with Crippen molar-refractivity contribution in [3.8, 4) is 0 Å². The average Bonchev–Trinajstić information content (AvgIpc) is 2.99. The maximum atomic E-state index is 5.42. The van der Waals surface area contributed by atoms with Gasteiger partial charge in [-0.25, -0.2) is 0 Å². The minimum atomic E-state index is 0.801. The molecule has 0 aromatic carbocycles. The van der Waals surface area contributed by atoms with E-state index in [-0.39, 0.29) is 0 Å². The van der Waals surface area contributed by atoms with Gasteiger partial charge in [-0.2, -0.15) is 0 Å². The van der Waals surface area contributed by atoms with Crippen LogP contribution in [-0.2, 0) is 9.47 Å². The van der Waals surface area contributed by atoms with Crippen LogP contribution < -0.4 is 5.32 Å². The van der Waals surface area contributed by atoms with E-state index in [1.54, 1.807) is 7.11 Å². The van der Waals surface area contributed by atoms with Gasteiger partial charge in [-0.1, -0.05) is 12.8 Å². The Hall–Kier alpha value is -0.120. The van der Waals surface area contributed by atoms with Gasteiger partial charge >= 0.3 is 0 Å². The first-order valence-corrected chi connectivity index (χ1v) is 5.71. The number of rotatable bonds is 10. The van der Waals surface area contributed by atoms with Crippen molar-refractivity contribution < 1.29 is 9.47 Å². The van der Waals surface area contributed by atoms with Gasteiger partial charge in [-0.05, 0) is 25.3 Å². The molecule has 1 fully saturated rings. The second kappa shape index (κ2) is 8.21. The van der Waals surface area contributed by atoms with Crippen molar-refractivity contribution in [2.45, 2.75) is 25.7 Å². The van der Waals surface area contributed by atoms with E-state index in [1.807, 2.05) is 0 Å². The third kappa shape index (κ3) is 7.30. The molecule has 0 aliphatic heterocycles. The predicted molar refractivity (Wildman–Crippen MR) is 57.5 cm³/mol. The molecule has 0 amide bonds. The summed E-state index contributed by atoms with van der Waals surface area (Å²) in [4.78, 5) is 0. The van der Waals surface area contributed by atoms with Crippen molar-refractivity contribution in [1.82, 2.24) is 5.32 Å². The summed E-state index contributed by atoms with van der Waals surface area (Å²) in [5.41, 5.74) is 0. The summed E-state index contributed by atoms with van der Waals surface area (Å²) in [7, 11) is 1.72. The highest BCUT2D eigenvalue weighted by atomic mass is 16.5. The molecule has 1 saturated carbocycles. The molecule has 1 aliphatic carbocycles. The molecule has 0 unspecified atom stereocenters. The Labute approximate surface area is 87.2 Å². The molecule has 1 rings (SSSR count). The monoisotopic (exact) mass is 201 g/mol. The summed E-state index contributed by atoms with van der Waals surface area (Å²) in [6, 6.07) is 0. The second-order valence-corrected chi connectivity index (χ2v) is 3.94. The number of nitrogens with one attached hydrogen (secondary N) is 1. The molecule has 14 heavy (non-hydrogen) atoms. The lowest BCUT2D eigenvalue weighted by molar-refractivity contribution is 0.104. The molecular weight excluding hydrogens is 178 g/mol. The number of hydrogen-bond donors (Lipinski definition) is 1. The van der Waals surface area contributed by atoms with E-state index in [2.05, 4.69) is 5.32 Å². The molecule has 84 valence electrons. The van der Waals surface area contributed by atoms with E-state index < -0.39 is 0 Å². The van der Waals surface area contributed by atoms with Crippen LogP contribution in [0.4, 0.5) is 0 Å². The highest BCUT2D eigenvalue weighted by Gasteiger charge is 2.19. The zero-order valence-corrected chi connectivity index (χ0v) is 9.26. The summed E-state index contributed by atoms with van der Waals surface area (Å²) in [6.07, 6.45) is 5.26. The topological polar surface area (TPSA) is 30.5 Å². The van der Waals surface area contributed by atoms with Crippen LogP contribution in [0, 0.1) is 5.92 Å². The van der Waals surface area contributed by atoms with Crippen LogP contribution in [0.1, 0.15) is 25.7 Å². The lowest BCUT2D eigenvalue weighted by atomic mass is 10.3. The molecule has 0 radical (unpaired) electrons. The van der Waals surface area contributed by atoms with Gasteiger partial charge in [-0.3, -0.25) is 0 Å². The molecule has 3 nitrogen and oxygen atoms in total. The molecule has 0 aromatic heterocycles. The van der Waals surface area contributed by atoms with Crippen molar-refractivity contribution in [3.05, 3.63) is 0 Å². The largest absolute Gasteiger partial charge is 0.385 e. The molecule has 0 aromatic rings. The highest BCUT2D eigenvalue weighted by molar-refractivity contribution is 4.73. The Bertz CT molecular complexity index is 126. The van der Waals surface area contributed by atoms with E-state index in [4.69, 9.17) is 9.47 Å². The van der Waals surface area contributed by atoms with Crippen molar-refractivity contribution in [3.63, 3.8) is 0 Å². The predicted octanol–water partition coefficient (Wildman–Crippen LogP) is 1.43. The van der Waals surface area contributed by atoms with E-state index in [9.17, 15) is 0 Å². The number of methoxy groups -OCH3 is 1. The van der Waals surface area contributed by atoms with Gasteiger partial charge in [0.15, 0.2) is 0 Å². The zero-order chi connectivity index (χ0) is 10.1. The molecule has 0 spiro atoms. The van der Waals surface area contributed by atoms with E-state index in [1.165, 1.54) is 19.3 Å². The quantitative estimate of drug-likeness (QED) is 0.542. The maximum Gasteiger partial charge on any atom is 0.0590 e. The van der Waals surface area contributed by atoms with Gasteiger partial charge in [0.1, 0.15) is 0 Å². The molecule has 0 atom stereocenters. The summed E-state index contributed by atoms with van der Waals surface area (Å²) in [6.45, 7) is 4.59. The van der Waals surface area contributed by atoms with E-state index in [0.29, 0.717) is 0 Å². The fraction of sp³-hybridized carbons (Fsp3) is 1.00. The fourth-order valence-corrected chi connectivity index (χ4v) is 1.39. The van der Waals surface area contributed by atoms with Crippen LogP contribution in [0.5, 0.6) is 0 Å². The van der Waals surface area contributed by atoms with Gasteiger partial charge in [0, 0.05) is 26.9 Å². The van der Waals surface area contributed by atoms with Gasteiger partial charge < -0.3 is 14.8 Å². The first kappa shape index (κ1) is 12.0. The van der Waals surface area contributed by atoms with Crippen LogP contribution in [0.25, 0.3) is 0 Å². The number of hydrogen-bond acceptors (Lipinski definition) is 3. The second-order valence-electron chi connectivity index (χ2n) is 3.94. The lowest BCUT2D eigenvalue weighted by Crippen LogP contribution is -2.21. The Balaban J connectivity index is 1.63. The Morgan fingerprint density at radius 1 is 1.14 bits per heavy atom. The average molecular weight is 201 g/mol. The zero-order valence-electron chi connectivity index (χ0n) is 9.26. The molecule has 0 saturated heterocycles. The molecule has 1 aliphatic rings. The normalized spacial score (nSPS) is 16.1. The molecule has 1 N–H and O–H groups in total. The van der Waals surface area contributed by atoms with Crippen LogP contribution >= 0.6 is 0 Å². The Morgan fingerprint density at radius 3 is 2.71 bits per heavy atom. The standard InChI is InChI=1S/C11H23NO2/c1-13-8-2-9-14-10-7-12-6-5-11-3-4-11/h11-12H,2-10H2,1H3. The maximum absolute atomic E-state index is 5.42. The summed E-state index contributed by atoms with van der Waals surface area (Å²) in [5, 5.41) is 3.39. The van der Waals surface area contributed by atoms with Crippen molar-refractivity contribution in [1.29, 1.82) is 0 Å².